The molecule has 3 aromatic carbocycles. The molecule has 0 amide bonds. The van der Waals surface area contributed by atoms with Crippen molar-refractivity contribution in [3.63, 3.8) is 0 Å². The molecular formula is C22H19ClF2O2S. The van der Waals surface area contributed by atoms with Crippen LogP contribution in [0.5, 0.6) is 0 Å². The maximum atomic E-state index is 14.5. The van der Waals surface area contributed by atoms with Crippen molar-refractivity contribution in [1.29, 1.82) is 0 Å². The quantitative estimate of drug-likeness (QED) is 0.484. The Balaban J connectivity index is 2.03. The SMILES string of the molecule is Cc1cccc(CCC(c2cc(F)ccc2F)S(=O)(=O)c2ccc(Cl)cc2)c1. The molecule has 3 rings (SSSR count). The summed E-state index contributed by atoms with van der Waals surface area (Å²) >= 11 is 5.86. The minimum Gasteiger partial charge on any atom is -0.223 e. The predicted octanol–water partition coefficient (Wildman–Crippen LogP) is 6.07. The van der Waals surface area contributed by atoms with Crippen LogP contribution >= 0.6 is 11.6 Å². The Labute approximate surface area is 168 Å². The first kappa shape index (κ1) is 20.5. The highest BCUT2D eigenvalue weighted by molar-refractivity contribution is 7.91. The maximum absolute atomic E-state index is 14.5. The fraction of sp³-hybridized carbons (Fsp3) is 0.182. The fourth-order valence-electron chi connectivity index (χ4n) is 3.19. The average molecular weight is 421 g/mol. The molecule has 1 atom stereocenters. The van der Waals surface area contributed by atoms with Gasteiger partial charge in [0.1, 0.15) is 11.6 Å². The molecule has 0 N–H and O–H groups in total. The first-order chi connectivity index (χ1) is 13.3. The minimum absolute atomic E-state index is 0.0230. The summed E-state index contributed by atoms with van der Waals surface area (Å²) < 4.78 is 54.8. The molecule has 3 aromatic rings. The van der Waals surface area contributed by atoms with E-state index in [1.54, 1.807) is 0 Å². The van der Waals surface area contributed by atoms with Gasteiger partial charge in [-0.3, -0.25) is 0 Å². The van der Waals surface area contributed by atoms with Crippen molar-refractivity contribution >= 4 is 21.4 Å². The van der Waals surface area contributed by atoms with E-state index in [-0.39, 0.29) is 16.9 Å². The third-order valence-electron chi connectivity index (χ3n) is 4.60. The highest BCUT2D eigenvalue weighted by atomic mass is 35.5. The van der Waals surface area contributed by atoms with Crippen LogP contribution in [0, 0.1) is 18.6 Å². The number of hydrogen-bond acceptors (Lipinski definition) is 2. The molecule has 0 fully saturated rings. The second-order valence-corrected chi connectivity index (χ2v) is 9.25. The van der Waals surface area contributed by atoms with Crippen molar-refractivity contribution in [2.75, 3.05) is 0 Å². The van der Waals surface area contributed by atoms with Gasteiger partial charge in [0.05, 0.1) is 10.1 Å². The van der Waals surface area contributed by atoms with Crippen molar-refractivity contribution in [3.8, 4) is 0 Å². The number of aryl methyl sites for hydroxylation is 2. The summed E-state index contributed by atoms with van der Waals surface area (Å²) in [5, 5.41) is -0.822. The molecule has 6 heteroatoms. The van der Waals surface area contributed by atoms with Crippen molar-refractivity contribution in [2.45, 2.75) is 29.9 Å². The van der Waals surface area contributed by atoms with Crippen LogP contribution in [0.2, 0.25) is 5.02 Å². The van der Waals surface area contributed by atoms with Crippen LogP contribution in [0.3, 0.4) is 0 Å². The smallest absolute Gasteiger partial charge is 0.185 e. The number of hydrogen-bond donors (Lipinski definition) is 0. The van der Waals surface area contributed by atoms with E-state index < -0.39 is 26.7 Å². The van der Waals surface area contributed by atoms with Crippen LogP contribution in [-0.4, -0.2) is 8.42 Å². The van der Waals surface area contributed by atoms with Crippen molar-refractivity contribution < 1.29 is 17.2 Å². The van der Waals surface area contributed by atoms with Crippen LogP contribution in [0.1, 0.15) is 28.4 Å². The van der Waals surface area contributed by atoms with Gasteiger partial charge in [-0.05, 0) is 67.8 Å². The Kier molecular flexibility index (Phi) is 6.16. The van der Waals surface area contributed by atoms with Gasteiger partial charge in [0.25, 0.3) is 0 Å². The standard InChI is InChI=1S/C22H19ClF2O2S/c1-15-3-2-4-16(13-15)5-12-22(20-14-18(24)8-11-21(20)25)28(26,27)19-9-6-17(23)7-10-19/h2-4,6-11,13-14,22H,5,12H2,1H3. The normalized spacial score (nSPS) is 12.7. The monoisotopic (exact) mass is 420 g/mol. The van der Waals surface area contributed by atoms with Gasteiger partial charge in [-0.1, -0.05) is 41.4 Å². The van der Waals surface area contributed by atoms with Gasteiger partial charge in [-0.25, -0.2) is 17.2 Å². The third kappa shape index (κ3) is 4.59. The molecule has 146 valence electrons. The second-order valence-electron chi connectivity index (χ2n) is 6.68. The lowest BCUT2D eigenvalue weighted by atomic mass is 10.0. The zero-order valence-electron chi connectivity index (χ0n) is 15.2. The zero-order valence-corrected chi connectivity index (χ0v) is 16.8. The Morgan fingerprint density at radius 3 is 2.36 bits per heavy atom. The molecule has 1 unspecified atom stereocenters. The third-order valence-corrected chi connectivity index (χ3v) is 7.02. The molecule has 0 saturated heterocycles. The summed E-state index contributed by atoms with van der Waals surface area (Å²) in [6.07, 6.45) is 0.532. The topological polar surface area (TPSA) is 34.1 Å². The molecular weight excluding hydrogens is 402 g/mol. The number of rotatable bonds is 6. The lowest BCUT2D eigenvalue weighted by molar-refractivity contribution is 0.551. The summed E-state index contributed by atoms with van der Waals surface area (Å²) in [7, 11) is -3.96. The highest BCUT2D eigenvalue weighted by Crippen LogP contribution is 2.35. The van der Waals surface area contributed by atoms with E-state index in [4.69, 9.17) is 11.6 Å². The summed E-state index contributed by atoms with van der Waals surface area (Å²) in [4.78, 5) is 0.0230. The fourth-order valence-corrected chi connectivity index (χ4v) is 5.11. The van der Waals surface area contributed by atoms with Gasteiger partial charge < -0.3 is 0 Å². The van der Waals surface area contributed by atoms with Crippen LogP contribution in [0.25, 0.3) is 0 Å². The largest absolute Gasteiger partial charge is 0.223 e. The Hall–Kier alpha value is -2.24. The summed E-state index contributed by atoms with van der Waals surface area (Å²) in [6.45, 7) is 1.94. The molecule has 0 spiro atoms. The van der Waals surface area contributed by atoms with E-state index in [0.29, 0.717) is 11.4 Å². The molecule has 0 heterocycles. The van der Waals surface area contributed by atoms with Gasteiger partial charge in [-0.15, -0.1) is 0 Å². The Morgan fingerprint density at radius 1 is 0.964 bits per heavy atom. The van der Waals surface area contributed by atoms with Crippen LogP contribution in [0.4, 0.5) is 8.78 Å². The molecule has 0 radical (unpaired) electrons. The van der Waals surface area contributed by atoms with Gasteiger partial charge >= 0.3 is 0 Å². The number of benzene rings is 3. The minimum atomic E-state index is -3.96. The first-order valence-electron chi connectivity index (χ1n) is 8.77. The Bertz CT molecular complexity index is 1080. The van der Waals surface area contributed by atoms with Gasteiger partial charge in [0, 0.05) is 10.6 Å². The highest BCUT2D eigenvalue weighted by Gasteiger charge is 2.31. The van der Waals surface area contributed by atoms with Crippen LogP contribution in [0.15, 0.2) is 71.6 Å². The summed E-state index contributed by atoms with van der Waals surface area (Å²) in [6, 6.07) is 16.3. The summed E-state index contributed by atoms with van der Waals surface area (Å²) in [5.41, 5.74) is 1.82. The molecule has 0 aliphatic carbocycles. The van der Waals surface area contributed by atoms with E-state index in [1.807, 2.05) is 31.2 Å². The van der Waals surface area contributed by atoms with Crippen molar-refractivity contribution in [1.82, 2.24) is 0 Å². The van der Waals surface area contributed by atoms with E-state index in [9.17, 15) is 17.2 Å². The summed E-state index contributed by atoms with van der Waals surface area (Å²) in [5.74, 6) is -1.42. The zero-order chi connectivity index (χ0) is 20.3. The molecule has 0 aromatic heterocycles. The van der Waals surface area contributed by atoms with E-state index in [2.05, 4.69) is 0 Å². The predicted molar refractivity (Wildman–Crippen MR) is 107 cm³/mol. The van der Waals surface area contributed by atoms with Gasteiger partial charge in [0.2, 0.25) is 0 Å². The number of halogens is 3. The van der Waals surface area contributed by atoms with Gasteiger partial charge in [-0.2, -0.15) is 0 Å². The molecule has 0 aliphatic rings. The van der Waals surface area contributed by atoms with E-state index in [0.717, 1.165) is 29.3 Å². The lowest BCUT2D eigenvalue weighted by Crippen LogP contribution is -2.16. The molecule has 28 heavy (non-hydrogen) atoms. The Morgan fingerprint density at radius 2 is 1.68 bits per heavy atom. The second kappa shape index (κ2) is 8.41. The van der Waals surface area contributed by atoms with Crippen molar-refractivity contribution in [2.24, 2.45) is 0 Å². The molecule has 0 saturated carbocycles. The van der Waals surface area contributed by atoms with Crippen molar-refractivity contribution in [3.05, 3.63) is 100 Å². The molecule has 2 nitrogen and oxygen atoms in total. The van der Waals surface area contributed by atoms with E-state index in [1.165, 1.54) is 24.3 Å². The maximum Gasteiger partial charge on any atom is 0.185 e. The molecule has 0 aliphatic heterocycles. The van der Waals surface area contributed by atoms with E-state index >= 15 is 0 Å². The average Bonchev–Trinajstić information content (AvgIpc) is 2.65. The molecule has 0 bridgehead atoms. The van der Waals surface area contributed by atoms with Gasteiger partial charge in [0.15, 0.2) is 9.84 Å². The number of sulfone groups is 1. The van der Waals surface area contributed by atoms with Crippen LogP contribution in [-0.2, 0) is 16.3 Å². The first-order valence-corrected chi connectivity index (χ1v) is 10.7. The lowest BCUT2D eigenvalue weighted by Gasteiger charge is -2.19. The van der Waals surface area contributed by atoms with Crippen LogP contribution < -0.4 is 0 Å².